The Hall–Kier alpha value is -2.70. The molecule has 5 nitrogen and oxygen atoms in total. The highest BCUT2D eigenvalue weighted by atomic mass is 32.1. The van der Waals surface area contributed by atoms with Crippen LogP contribution >= 0.6 is 11.3 Å². The molecule has 1 fully saturated rings. The maximum atomic E-state index is 12.5. The molecular formula is C24H28N4OS. The van der Waals surface area contributed by atoms with E-state index in [4.69, 9.17) is 0 Å². The van der Waals surface area contributed by atoms with Gasteiger partial charge in [-0.3, -0.25) is 9.69 Å². The second-order valence-electron chi connectivity index (χ2n) is 7.71. The van der Waals surface area contributed by atoms with Crippen molar-refractivity contribution in [3.05, 3.63) is 82.3 Å². The molecule has 0 aliphatic carbocycles. The Morgan fingerprint density at radius 1 is 1.03 bits per heavy atom. The molecule has 0 saturated carbocycles. The number of amides is 1. The molecule has 3 aromatic rings. The predicted octanol–water partition coefficient (Wildman–Crippen LogP) is 3.67. The third-order valence-electron chi connectivity index (χ3n) is 5.60. The van der Waals surface area contributed by atoms with Gasteiger partial charge in [-0.15, -0.1) is 11.3 Å². The van der Waals surface area contributed by atoms with Gasteiger partial charge in [0.05, 0.1) is 5.01 Å². The molecular weight excluding hydrogens is 392 g/mol. The van der Waals surface area contributed by atoms with Crippen molar-refractivity contribution < 1.29 is 4.79 Å². The van der Waals surface area contributed by atoms with Crippen LogP contribution in [0, 0.1) is 0 Å². The maximum absolute atomic E-state index is 12.5. The van der Waals surface area contributed by atoms with E-state index < -0.39 is 0 Å². The summed E-state index contributed by atoms with van der Waals surface area (Å²) in [6.07, 6.45) is 0.765. The van der Waals surface area contributed by atoms with Crippen molar-refractivity contribution in [2.24, 2.45) is 0 Å². The van der Waals surface area contributed by atoms with E-state index >= 15 is 0 Å². The molecule has 1 amide bonds. The zero-order valence-electron chi connectivity index (χ0n) is 17.3. The average Bonchev–Trinajstić information content (AvgIpc) is 3.27. The van der Waals surface area contributed by atoms with Crippen molar-refractivity contribution in [3.63, 3.8) is 0 Å². The van der Waals surface area contributed by atoms with Crippen LogP contribution in [-0.2, 0) is 6.42 Å². The number of thiazole rings is 1. The third-order valence-corrected chi connectivity index (χ3v) is 6.45. The predicted molar refractivity (Wildman–Crippen MR) is 123 cm³/mol. The second kappa shape index (κ2) is 9.87. The van der Waals surface area contributed by atoms with Crippen LogP contribution in [0.3, 0.4) is 0 Å². The van der Waals surface area contributed by atoms with Gasteiger partial charge in [-0.05, 0) is 24.6 Å². The summed E-state index contributed by atoms with van der Waals surface area (Å²) in [5.74, 6) is -0.0830. The first-order valence-corrected chi connectivity index (χ1v) is 11.4. The molecule has 1 saturated heterocycles. The summed E-state index contributed by atoms with van der Waals surface area (Å²) in [4.78, 5) is 21.9. The Balaban J connectivity index is 1.23. The highest BCUT2D eigenvalue weighted by Gasteiger charge is 2.22. The van der Waals surface area contributed by atoms with E-state index in [-0.39, 0.29) is 5.91 Å². The van der Waals surface area contributed by atoms with Crippen molar-refractivity contribution in [2.45, 2.75) is 19.4 Å². The van der Waals surface area contributed by atoms with Gasteiger partial charge in [0.15, 0.2) is 0 Å². The number of piperazine rings is 1. The van der Waals surface area contributed by atoms with Crippen LogP contribution in [0.25, 0.3) is 0 Å². The van der Waals surface area contributed by atoms with Crippen molar-refractivity contribution in [1.29, 1.82) is 0 Å². The molecule has 156 valence electrons. The van der Waals surface area contributed by atoms with Crippen LogP contribution in [0.5, 0.6) is 0 Å². The van der Waals surface area contributed by atoms with E-state index in [2.05, 4.69) is 69.5 Å². The smallest absolute Gasteiger partial charge is 0.270 e. The average molecular weight is 421 g/mol. The highest BCUT2D eigenvalue weighted by Crippen LogP contribution is 2.17. The van der Waals surface area contributed by atoms with Crippen molar-refractivity contribution in [2.75, 3.05) is 37.6 Å². The molecule has 1 aliphatic rings. The fraction of sp³-hybridized carbons (Fsp3) is 0.333. The minimum absolute atomic E-state index is 0.0830. The molecule has 6 heteroatoms. The van der Waals surface area contributed by atoms with Gasteiger partial charge in [0, 0.05) is 56.3 Å². The molecule has 1 atom stereocenters. The zero-order valence-corrected chi connectivity index (χ0v) is 18.1. The molecule has 4 rings (SSSR count). The van der Waals surface area contributed by atoms with Gasteiger partial charge in [-0.2, -0.15) is 0 Å². The Labute approximate surface area is 182 Å². The minimum atomic E-state index is -0.0830. The molecule has 1 aliphatic heterocycles. The second-order valence-corrected chi connectivity index (χ2v) is 8.65. The molecule has 0 radical (unpaired) electrons. The van der Waals surface area contributed by atoms with Crippen LogP contribution in [0.1, 0.15) is 28.0 Å². The molecule has 2 aromatic carbocycles. The van der Waals surface area contributed by atoms with Crippen LogP contribution in [-0.4, -0.2) is 54.6 Å². The summed E-state index contributed by atoms with van der Waals surface area (Å²) in [5.41, 5.74) is 3.02. The van der Waals surface area contributed by atoms with Gasteiger partial charge >= 0.3 is 0 Å². The zero-order chi connectivity index (χ0) is 20.8. The molecule has 1 aromatic heterocycles. The topological polar surface area (TPSA) is 48.5 Å². The summed E-state index contributed by atoms with van der Waals surface area (Å²) in [6.45, 7) is 6.85. The van der Waals surface area contributed by atoms with E-state index in [9.17, 15) is 4.79 Å². The number of para-hydroxylation sites is 1. The number of nitrogens with zero attached hydrogens (tertiary/aromatic N) is 3. The van der Waals surface area contributed by atoms with E-state index in [0.29, 0.717) is 18.3 Å². The van der Waals surface area contributed by atoms with E-state index in [1.54, 1.807) is 11.3 Å². The van der Waals surface area contributed by atoms with Gasteiger partial charge in [0.25, 0.3) is 5.91 Å². The van der Waals surface area contributed by atoms with Crippen LogP contribution in [0.2, 0.25) is 0 Å². The number of carbonyl (C=O) groups is 1. The lowest BCUT2D eigenvalue weighted by molar-refractivity contribution is 0.0930. The normalized spacial score (nSPS) is 15.7. The quantitative estimate of drug-likeness (QED) is 0.634. The SMILES string of the molecule is CC(CNC(=O)c1csc(Cc2ccccc2)n1)N1CCN(c2ccccc2)CC1. The standard InChI is InChI=1S/C24H28N4OS/c1-19(27-12-14-28(15-13-27)21-10-6-3-7-11-21)17-25-24(29)22-18-30-23(26-22)16-20-8-4-2-5-9-20/h2-11,18-19H,12-17H2,1H3,(H,25,29). The lowest BCUT2D eigenvalue weighted by atomic mass is 10.2. The fourth-order valence-corrected chi connectivity index (χ4v) is 4.60. The highest BCUT2D eigenvalue weighted by molar-refractivity contribution is 7.09. The van der Waals surface area contributed by atoms with Crippen LogP contribution in [0.4, 0.5) is 5.69 Å². The maximum Gasteiger partial charge on any atom is 0.270 e. The molecule has 1 N–H and O–H groups in total. The summed E-state index contributed by atoms with van der Waals surface area (Å²) in [7, 11) is 0. The van der Waals surface area contributed by atoms with Gasteiger partial charge < -0.3 is 10.2 Å². The number of hydrogen-bond acceptors (Lipinski definition) is 5. The number of benzene rings is 2. The fourth-order valence-electron chi connectivity index (χ4n) is 3.79. The van der Waals surface area contributed by atoms with Gasteiger partial charge in [-0.1, -0.05) is 48.5 Å². The van der Waals surface area contributed by atoms with Crippen LogP contribution < -0.4 is 10.2 Å². The molecule has 1 unspecified atom stereocenters. The summed E-state index contributed by atoms with van der Waals surface area (Å²) >= 11 is 1.55. The number of nitrogens with one attached hydrogen (secondary N) is 1. The monoisotopic (exact) mass is 420 g/mol. The number of aromatic nitrogens is 1. The largest absolute Gasteiger partial charge is 0.369 e. The summed E-state index contributed by atoms with van der Waals surface area (Å²) in [6, 6.07) is 21.1. The first-order chi connectivity index (χ1) is 14.7. The Kier molecular flexibility index (Phi) is 6.77. The molecule has 30 heavy (non-hydrogen) atoms. The lowest BCUT2D eigenvalue weighted by Gasteiger charge is -2.39. The van der Waals surface area contributed by atoms with Crippen LogP contribution in [0.15, 0.2) is 66.0 Å². The number of anilines is 1. The number of hydrogen-bond donors (Lipinski definition) is 1. The van der Waals surface area contributed by atoms with E-state index in [0.717, 1.165) is 37.6 Å². The Morgan fingerprint density at radius 3 is 2.40 bits per heavy atom. The first-order valence-electron chi connectivity index (χ1n) is 10.5. The Bertz CT molecular complexity index is 936. The number of rotatable bonds is 7. The van der Waals surface area contributed by atoms with E-state index in [1.807, 2.05) is 23.6 Å². The molecule has 0 spiro atoms. The molecule has 0 bridgehead atoms. The van der Waals surface area contributed by atoms with E-state index in [1.165, 1.54) is 11.3 Å². The van der Waals surface area contributed by atoms with Crippen molar-refractivity contribution >= 4 is 22.9 Å². The molecule has 2 heterocycles. The van der Waals surface area contributed by atoms with Crippen molar-refractivity contribution in [3.8, 4) is 0 Å². The summed E-state index contributed by atoms with van der Waals surface area (Å²) < 4.78 is 0. The number of carbonyl (C=O) groups excluding carboxylic acids is 1. The third kappa shape index (κ3) is 5.26. The van der Waals surface area contributed by atoms with Gasteiger partial charge in [0.1, 0.15) is 5.69 Å². The minimum Gasteiger partial charge on any atom is -0.369 e. The first kappa shape index (κ1) is 20.6. The van der Waals surface area contributed by atoms with Gasteiger partial charge in [-0.25, -0.2) is 4.98 Å². The van der Waals surface area contributed by atoms with Gasteiger partial charge in [0.2, 0.25) is 0 Å². The summed E-state index contributed by atoms with van der Waals surface area (Å²) in [5, 5.41) is 5.89. The van der Waals surface area contributed by atoms with Crippen molar-refractivity contribution in [1.82, 2.24) is 15.2 Å². The lowest BCUT2D eigenvalue weighted by Crippen LogP contribution is -2.52. The Morgan fingerprint density at radius 2 is 1.70 bits per heavy atom.